The molecule has 84 valence electrons. The molecule has 0 aliphatic heterocycles. The van der Waals surface area contributed by atoms with Gasteiger partial charge in [0.2, 0.25) is 10.0 Å². The zero-order valence-electron chi connectivity index (χ0n) is 8.73. The zero-order chi connectivity index (χ0) is 11.3. The summed E-state index contributed by atoms with van der Waals surface area (Å²) in [7, 11) is -3.21. The van der Waals surface area contributed by atoms with Crippen molar-refractivity contribution in [3.63, 3.8) is 0 Å². The van der Waals surface area contributed by atoms with Crippen molar-refractivity contribution < 1.29 is 8.42 Å². The largest absolute Gasteiger partial charge is 0.282 e. The Morgan fingerprint density at radius 1 is 1.47 bits per heavy atom. The monoisotopic (exact) mass is 246 g/mol. The highest BCUT2D eigenvalue weighted by atomic mass is 32.2. The first kappa shape index (κ1) is 12.3. The number of nitrogens with one attached hydrogen (secondary N) is 1. The molecule has 1 N–H and O–H groups in total. The van der Waals surface area contributed by atoms with Crippen LogP contribution in [0.4, 0.5) is 5.69 Å². The van der Waals surface area contributed by atoms with E-state index in [1.54, 1.807) is 12.3 Å². The maximum atomic E-state index is 11.5. The third-order valence-corrected chi connectivity index (χ3v) is 3.88. The van der Waals surface area contributed by atoms with E-state index >= 15 is 0 Å². The van der Waals surface area contributed by atoms with Gasteiger partial charge >= 0.3 is 0 Å². The third-order valence-electron chi connectivity index (χ3n) is 1.70. The van der Waals surface area contributed by atoms with Crippen molar-refractivity contribution in [3.05, 3.63) is 18.5 Å². The molecule has 0 atom stereocenters. The maximum Gasteiger partial charge on any atom is 0.232 e. The Hall–Kier alpha value is -0.750. The number of hydrogen-bond donors (Lipinski definition) is 1. The van der Waals surface area contributed by atoms with E-state index in [0.717, 1.165) is 4.90 Å². The van der Waals surface area contributed by atoms with Gasteiger partial charge in [-0.05, 0) is 18.7 Å². The van der Waals surface area contributed by atoms with Gasteiger partial charge in [-0.25, -0.2) is 8.42 Å². The number of hydrogen-bond acceptors (Lipinski definition) is 4. The molecule has 0 radical (unpaired) electrons. The van der Waals surface area contributed by atoms with Gasteiger partial charge in [-0.15, -0.1) is 11.8 Å². The van der Waals surface area contributed by atoms with Crippen LogP contribution in [0.15, 0.2) is 23.4 Å². The van der Waals surface area contributed by atoms with E-state index < -0.39 is 10.0 Å². The molecule has 0 fully saturated rings. The normalized spacial score (nSPS) is 11.3. The average molecular weight is 246 g/mol. The van der Waals surface area contributed by atoms with Gasteiger partial charge in [0.25, 0.3) is 0 Å². The van der Waals surface area contributed by atoms with Gasteiger partial charge in [-0.3, -0.25) is 9.71 Å². The Bertz CT molecular complexity index is 418. The molecule has 0 bridgehead atoms. The highest BCUT2D eigenvalue weighted by Crippen LogP contribution is 2.18. The molecule has 0 saturated carbocycles. The van der Waals surface area contributed by atoms with E-state index in [-0.39, 0.29) is 5.75 Å². The first-order valence-electron chi connectivity index (χ1n) is 4.57. The standard InChI is InChI=1S/C9H14N2O2S2/c1-3-4-15(12,13)11-8-5-9(14-2)7-10-6-8/h5-7,11H,3-4H2,1-2H3. The second-order valence-corrected chi connectivity index (χ2v) is 5.76. The Balaban J connectivity index is 2.80. The first-order valence-corrected chi connectivity index (χ1v) is 7.44. The molecule has 15 heavy (non-hydrogen) atoms. The Morgan fingerprint density at radius 2 is 2.20 bits per heavy atom. The van der Waals surface area contributed by atoms with Crippen molar-refractivity contribution in [2.24, 2.45) is 0 Å². The van der Waals surface area contributed by atoms with Gasteiger partial charge in [0.1, 0.15) is 0 Å². The highest BCUT2D eigenvalue weighted by molar-refractivity contribution is 7.98. The van der Waals surface area contributed by atoms with Crippen LogP contribution in [0.5, 0.6) is 0 Å². The number of anilines is 1. The topological polar surface area (TPSA) is 59.1 Å². The number of nitrogens with zero attached hydrogens (tertiary/aromatic N) is 1. The highest BCUT2D eigenvalue weighted by Gasteiger charge is 2.08. The van der Waals surface area contributed by atoms with Crippen LogP contribution in [0.3, 0.4) is 0 Å². The lowest BCUT2D eigenvalue weighted by atomic mass is 10.4. The van der Waals surface area contributed by atoms with Gasteiger partial charge in [-0.2, -0.15) is 0 Å². The SMILES string of the molecule is CCCS(=O)(=O)Nc1cncc(SC)c1. The van der Waals surface area contributed by atoms with E-state index in [4.69, 9.17) is 0 Å². The van der Waals surface area contributed by atoms with Crippen molar-refractivity contribution in [2.75, 3.05) is 16.7 Å². The van der Waals surface area contributed by atoms with Crippen LogP contribution in [0.25, 0.3) is 0 Å². The van der Waals surface area contributed by atoms with Gasteiger partial charge in [-0.1, -0.05) is 6.92 Å². The van der Waals surface area contributed by atoms with Gasteiger partial charge in [0.05, 0.1) is 17.6 Å². The quantitative estimate of drug-likeness (QED) is 0.807. The number of aromatic nitrogens is 1. The predicted octanol–water partition coefficient (Wildman–Crippen LogP) is 1.96. The van der Waals surface area contributed by atoms with Crippen molar-refractivity contribution in [2.45, 2.75) is 18.2 Å². The lowest BCUT2D eigenvalue weighted by Gasteiger charge is -2.06. The molecule has 0 amide bonds. The van der Waals surface area contributed by atoms with Crippen molar-refractivity contribution >= 4 is 27.5 Å². The molecule has 6 heteroatoms. The fraction of sp³-hybridized carbons (Fsp3) is 0.444. The maximum absolute atomic E-state index is 11.5. The van der Waals surface area contributed by atoms with Gasteiger partial charge in [0.15, 0.2) is 0 Å². The van der Waals surface area contributed by atoms with E-state index in [1.165, 1.54) is 18.0 Å². The van der Waals surface area contributed by atoms with Crippen LogP contribution in [-0.2, 0) is 10.0 Å². The molecule has 0 aromatic carbocycles. The van der Waals surface area contributed by atoms with Crippen molar-refractivity contribution in [1.82, 2.24) is 4.98 Å². The minimum Gasteiger partial charge on any atom is -0.282 e. The Morgan fingerprint density at radius 3 is 2.80 bits per heavy atom. The van der Waals surface area contributed by atoms with E-state index in [9.17, 15) is 8.42 Å². The molecule has 0 spiro atoms. The summed E-state index contributed by atoms with van der Waals surface area (Å²) in [6.07, 6.45) is 5.72. The molecule has 4 nitrogen and oxygen atoms in total. The Labute approximate surface area is 94.5 Å². The van der Waals surface area contributed by atoms with Crippen LogP contribution in [-0.4, -0.2) is 25.4 Å². The smallest absolute Gasteiger partial charge is 0.232 e. The van der Waals surface area contributed by atoms with Gasteiger partial charge < -0.3 is 0 Å². The van der Waals surface area contributed by atoms with Crippen LogP contribution in [0, 0.1) is 0 Å². The van der Waals surface area contributed by atoms with Crippen LogP contribution < -0.4 is 4.72 Å². The Kier molecular flexibility index (Phi) is 4.41. The first-order chi connectivity index (χ1) is 7.07. The molecule has 1 aromatic heterocycles. The van der Waals surface area contributed by atoms with Crippen LogP contribution in [0.2, 0.25) is 0 Å². The van der Waals surface area contributed by atoms with Crippen molar-refractivity contribution in [3.8, 4) is 0 Å². The number of thioether (sulfide) groups is 1. The number of pyridine rings is 1. The second kappa shape index (κ2) is 5.37. The fourth-order valence-electron chi connectivity index (χ4n) is 1.09. The minimum atomic E-state index is -3.21. The summed E-state index contributed by atoms with van der Waals surface area (Å²) in [6, 6.07) is 1.77. The molecule has 0 saturated heterocycles. The average Bonchev–Trinajstić information content (AvgIpc) is 2.17. The molecular weight excluding hydrogens is 232 g/mol. The summed E-state index contributed by atoms with van der Waals surface area (Å²) in [6.45, 7) is 1.83. The minimum absolute atomic E-state index is 0.135. The summed E-state index contributed by atoms with van der Waals surface area (Å²) < 4.78 is 25.4. The fourth-order valence-corrected chi connectivity index (χ4v) is 2.61. The molecule has 0 aliphatic carbocycles. The molecular formula is C9H14N2O2S2. The second-order valence-electron chi connectivity index (χ2n) is 3.03. The summed E-state index contributed by atoms with van der Waals surface area (Å²) in [5, 5.41) is 0. The third kappa shape index (κ3) is 4.09. The molecule has 1 heterocycles. The molecule has 1 aromatic rings. The molecule has 1 rings (SSSR count). The van der Waals surface area contributed by atoms with E-state index in [2.05, 4.69) is 9.71 Å². The predicted molar refractivity (Wildman–Crippen MR) is 63.7 cm³/mol. The molecule has 0 unspecified atom stereocenters. The zero-order valence-corrected chi connectivity index (χ0v) is 10.4. The van der Waals surface area contributed by atoms with Crippen LogP contribution >= 0.6 is 11.8 Å². The van der Waals surface area contributed by atoms with Crippen LogP contribution in [0.1, 0.15) is 13.3 Å². The summed E-state index contributed by atoms with van der Waals surface area (Å²) in [4.78, 5) is 4.89. The van der Waals surface area contributed by atoms with E-state index in [1.807, 2.05) is 13.2 Å². The summed E-state index contributed by atoms with van der Waals surface area (Å²) in [5.41, 5.74) is 0.523. The lowest BCUT2D eigenvalue weighted by molar-refractivity contribution is 0.600. The number of sulfonamides is 1. The summed E-state index contributed by atoms with van der Waals surface area (Å²) >= 11 is 1.52. The lowest BCUT2D eigenvalue weighted by Crippen LogP contribution is -2.16. The van der Waals surface area contributed by atoms with Crippen molar-refractivity contribution in [1.29, 1.82) is 0 Å². The van der Waals surface area contributed by atoms with E-state index in [0.29, 0.717) is 12.1 Å². The molecule has 0 aliphatic rings. The van der Waals surface area contributed by atoms with Gasteiger partial charge in [0, 0.05) is 11.1 Å². The summed E-state index contributed by atoms with van der Waals surface area (Å²) in [5.74, 6) is 0.135. The number of rotatable bonds is 5.